The van der Waals surface area contributed by atoms with Crippen molar-refractivity contribution in [2.24, 2.45) is 5.92 Å². The molecule has 1 aliphatic rings. The molecule has 1 saturated carbocycles. The Labute approximate surface area is 171 Å². The van der Waals surface area contributed by atoms with Crippen molar-refractivity contribution < 1.29 is 18.7 Å². The lowest BCUT2D eigenvalue weighted by molar-refractivity contribution is -0.119. The smallest absolute Gasteiger partial charge is 0.217 e. The number of fused-ring (bicyclic) bond motifs is 1. The van der Waals surface area contributed by atoms with Crippen LogP contribution in [-0.4, -0.2) is 12.5 Å². The van der Waals surface area contributed by atoms with E-state index in [1.54, 1.807) is 0 Å². The zero-order valence-corrected chi connectivity index (χ0v) is 17.2. The van der Waals surface area contributed by atoms with E-state index in [-0.39, 0.29) is 11.9 Å². The van der Waals surface area contributed by atoms with Gasteiger partial charge in [0.25, 0.3) is 0 Å². The second kappa shape index (κ2) is 8.19. The van der Waals surface area contributed by atoms with Crippen LogP contribution in [0.4, 0.5) is 0 Å². The van der Waals surface area contributed by atoms with E-state index in [1.807, 2.05) is 37.3 Å². The molecule has 0 aliphatic heterocycles. The van der Waals surface area contributed by atoms with Crippen LogP contribution >= 0.6 is 0 Å². The van der Waals surface area contributed by atoms with E-state index in [2.05, 4.69) is 24.4 Å². The van der Waals surface area contributed by atoms with Gasteiger partial charge in [-0.05, 0) is 80.1 Å². The zero-order chi connectivity index (χ0) is 20.4. The predicted molar refractivity (Wildman–Crippen MR) is 112 cm³/mol. The van der Waals surface area contributed by atoms with Gasteiger partial charge in [0, 0.05) is 12.3 Å². The molecule has 1 atom stereocenters. The third kappa shape index (κ3) is 4.91. The minimum Gasteiger partial charge on any atom is -0.493 e. The lowest BCUT2D eigenvalue weighted by Crippen LogP contribution is -2.23. The van der Waals surface area contributed by atoms with Crippen LogP contribution in [-0.2, 0) is 11.4 Å². The van der Waals surface area contributed by atoms with E-state index in [4.69, 9.17) is 13.9 Å². The molecule has 152 valence electrons. The van der Waals surface area contributed by atoms with E-state index in [9.17, 15) is 4.79 Å². The summed E-state index contributed by atoms with van der Waals surface area (Å²) in [5.41, 5.74) is 3.07. The van der Waals surface area contributed by atoms with Gasteiger partial charge in [0.1, 0.15) is 29.4 Å². The number of hydrogen-bond acceptors (Lipinski definition) is 4. The van der Waals surface area contributed by atoms with Gasteiger partial charge in [0.2, 0.25) is 5.91 Å². The highest BCUT2D eigenvalue weighted by atomic mass is 16.5. The Morgan fingerprint density at radius 3 is 2.62 bits per heavy atom. The fraction of sp³-hybridized carbons (Fsp3) is 0.375. The summed E-state index contributed by atoms with van der Waals surface area (Å²) < 4.78 is 17.7. The van der Waals surface area contributed by atoms with Crippen LogP contribution in [0, 0.1) is 12.8 Å². The summed E-state index contributed by atoms with van der Waals surface area (Å²) in [6.45, 7) is 6.80. The number of ether oxygens (including phenoxy) is 2. The van der Waals surface area contributed by atoms with Crippen LogP contribution in [0.2, 0.25) is 0 Å². The molecule has 4 rings (SSSR count). The largest absolute Gasteiger partial charge is 0.493 e. The Balaban J connectivity index is 1.40. The van der Waals surface area contributed by atoms with Crippen molar-refractivity contribution in [2.45, 2.75) is 46.3 Å². The molecule has 1 heterocycles. The average molecular weight is 393 g/mol. The number of amides is 1. The highest BCUT2D eigenvalue weighted by Crippen LogP contribution is 2.30. The molecule has 1 unspecified atom stereocenters. The number of hydrogen-bond donors (Lipinski definition) is 1. The molecule has 0 spiro atoms. The summed E-state index contributed by atoms with van der Waals surface area (Å²) in [6, 6.07) is 13.7. The second-order valence-electron chi connectivity index (χ2n) is 7.90. The molecular weight excluding hydrogens is 366 g/mol. The number of carbonyl (C=O) groups is 1. The second-order valence-corrected chi connectivity index (χ2v) is 7.90. The summed E-state index contributed by atoms with van der Waals surface area (Å²) in [7, 11) is 0. The number of carbonyl (C=O) groups excluding carboxylic acids is 1. The minimum atomic E-state index is -0.174. The van der Waals surface area contributed by atoms with Crippen LogP contribution in [0.15, 0.2) is 46.9 Å². The van der Waals surface area contributed by atoms with E-state index in [0.29, 0.717) is 6.61 Å². The standard InChI is InChI=1S/C24H27NO4/c1-15-10-21(27-13-18-4-5-18)7-6-19(15)14-28-22-8-9-23-20(11-22)12-24(29-23)16(2)25-17(3)26/h6-12,16,18H,4-5,13-14H2,1-3H3,(H,25,26). The quantitative estimate of drug-likeness (QED) is 0.564. The van der Waals surface area contributed by atoms with Gasteiger partial charge < -0.3 is 19.2 Å². The molecule has 29 heavy (non-hydrogen) atoms. The Hall–Kier alpha value is -2.95. The van der Waals surface area contributed by atoms with Crippen LogP contribution in [0.1, 0.15) is 49.6 Å². The number of rotatable bonds is 8. The SMILES string of the molecule is CC(=O)NC(C)c1cc2cc(OCc3ccc(OCC4CC4)cc3C)ccc2o1. The predicted octanol–water partition coefficient (Wildman–Crippen LogP) is 5.31. The van der Waals surface area contributed by atoms with Crippen LogP contribution in [0.3, 0.4) is 0 Å². The fourth-order valence-corrected chi connectivity index (χ4v) is 3.30. The molecule has 5 heteroatoms. The van der Waals surface area contributed by atoms with Gasteiger partial charge in [-0.1, -0.05) is 6.07 Å². The first-order chi connectivity index (χ1) is 14.0. The number of furan rings is 1. The maximum atomic E-state index is 11.3. The third-order valence-corrected chi connectivity index (χ3v) is 5.24. The number of aryl methyl sites for hydroxylation is 1. The molecular formula is C24H27NO4. The van der Waals surface area contributed by atoms with Crippen molar-refractivity contribution in [2.75, 3.05) is 6.61 Å². The Kier molecular flexibility index (Phi) is 5.47. The summed E-state index contributed by atoms with van der Waals surface area (Å²) >= 11 is 0. The first-order valence-corrected chi connectivity index (χ1v) is 10.1. The molecule has 1 fully saturated rings. The highest BCUT2D eigenvalue weighted by molar-refractivity contribution is 5.80. The van der Waals surface area contributed by atoms with Gasteiger partial charge >= 0.3 is 0 Å². The summed E-state index contributed by atoms with van der Waals surface area (Å²) in [5, 5.41) is 3.79. The van der Waals surface area contributed by atoms with Gasteiger partial charge in [0.05, 0.1) is 12.6 Å². The van der Waals surface area contributed by atoms with E-state index >= 15 is 0 Å². The molecule has 0 saturated heterocycles. The maximum absolute atomic E-state index is 11.3. The lowest BCUT2D eigenvalue weighted by Gasteiger charge is -2.11. The number of benzene rings is 2. The van der Waals surface area contributed by atoms with Crippen LogP contribution < -0.4 is 14.8 Å². The Bertz CT molecular complexity index is 1020. The van der Waals surface area contributed by atoms with Gasteiger partial charge in [0.15, 0.2) is 0 Å². The van der Waals surface area contributed by atoms with Crippen LogP contribution in [0.25, 0.3) is 11.0 Å². The highest BCUT2D eigenvalue weighted by Gasteiger charge is 2.22. The Morgan fingerprint density at radius 2 is 1.90 bits per heavy atom. The van der Waals surface area contributed by atoms with E-state index < -0.39 is 0 Å². The van der Waals surface area contributed by atoms with E-state index in [0.717, 1.165) is 51.9 Å². The Morgan fingerprint density at radius 1 is 1.14 bits per heavy atom. The van der Waals surface area contributed by atoms with Crippen molar-refractivity contribution in [3.05, 3.63) is 59.4 Å². The fourth-order valence-electron chi connectivity index (χ4n) is 3.30. The lowest BCUT2D eigenvalue weighted by atomic mass is 10.1. The maximum Gasteiger partial charge on any atom is 0.217 e. The summed E-state index contributed by atoms with van der Waals surface area (Å²) in [4.78, 5) is 11.3. The molecule has 1 aliphatic carbocycles. The molecule has 1 N–H and O–H groups in total. The molecule has 1 aromatic heterocycles. The molecule has 3 aromatic rings. The van der Waals surface area contributed by atoms with Crippen molar-refractivity contribution in [1.29, 1.82) is 0 Å². The first-order valence-electron chi connectivity index (χ1n) is 10.1. The van der Waals surface area contributed by atoms with Crippen molar-refractivity contribution >= 4 is 16.9 Å². The van der Waals surface area contributed by atoms with Gasteiger partial charge in [-0.25, -0.2) is 0 Å². The molecule has 1 amide bonds. The van der Waals surface area contributed by atoms with Crippen molar-refractivity contribution in [3.8, 4) is 11.5 Å². The van der Waals surface area contributed by atoms with Gasteiger partial charge in [-0.15, -0.1) is 0 Å². The third-order valence-electron chi connectivity index (χ3n) is 5.24. The van der Waals surface area contributed by atoms with E-state index in [1.165, 1.54) is 19.8 Å². The number of nitrogens with one attached hydrogen (secondary N) is 1. The zero-order valence-electron chi connectivity index (χ0n) is 17.2. The van der Waals surface area contributed by atoms with Crippen LogP contribution in [0.5, 0.6) is 11.5 Å². The van der Waals surface area contributed by atoms with Crippen molar-refractivity contribution in [1.82, 2.24) is 5.32 Å². The molecule has 2 aromatic carbocycles. The molecule has 0 bridgehead atoms. The summed E-state index contributed by atoms with van der Waals surface area (Å²) in [6.07, 6.45) is 2.58. The normalized spacial score (nSPS) is 14.6. The molecule has 0 radical (unpaired) electrons. The minimum absolute atomic E-state index is 0.0821. The topological polar surface area (TPSA) is 60.7 Å². The first kappa shape index (κ1) is 19.4. The van der Waals surface area contributed by atoms with Crippen molar-refractivity contribution in [3.63, 3.8) is 0 Å². The monoisotopic (exact) mass is 393 g/mol. The molecule has 5 nitrogen and oxygen atoms in total. The summed E-state index contributed by atoms with van der Waals surface area (Å²) in [5.74, 6) is 3.11. The van der Waals surface area contributed by atoms with Gasteiger partial charge in [-0.3, -0.25) is 4.79 Å². The average Bonchev–Trinajstić information content (AvgIpc) is 3.41. The van der Waals surface area contributed by atoms with Gasteiger partial charge in [-0.2, -0.15) is 0 Å².